The summed E-state index contributed by atoms with van der Waals surface area (Å²) >= 11 is 0. The first-order chi connectivity index (χ1) is 15.2. The molecule has 0 spiro atoms. The molecular weight excluding hydrogens is 388 g/mol. The molecular formula is C24H18N6O. The molecule has 0 radical (unpaired) electrons. The number of nitrogens with two attached hydrogens (primary N) is 1. The molecule has 1 aliphatic heterocycles. The monoisotopic (exact) mass is 406 g/mol. The molecule has 0 atom stereocenters. The molecule has 0 amide bonds. The summed E-state index contributed by atoms with van der Waals surface area (Å²) in [5.41, 5.74) is 11.4. The molecule has 0 bridgehead atoms. The number of aromatic nitrogens is 4. The lowest BCUT2D eigenvalue weighted by Crippen LogP contribution is -2.02. The van der Waals surface area contributed by atoms with Crippen LogP contribution < -0.4 is 15.8 Å². The van der Waals surface area contributed by atoms with Crippen LogP contribution in [0.2, 0.25) is 0 Å². The Balaban J connectivity index is 1.46. The topological polar surface area (TPSA) is 102 Å². The van der Waals surface area contributed by atoms with Gasteiger partial charge in [0.15, 0.2) is 11.6 Å². The third-order valence-electron chi connectivity index (χ3n) is 5.31. The van der Waals surface area contributed by atoms with E-state index < -0.39 is 0 Å². The first-order valence-electron chi connectivity index (χ1n) is 9.97. The number of nitrogens with one attached hydrogen (secondary N) is 2. The van der Waals surface area contributed by atoms with Gasteiger partial charge in [-0.05, 0) is 35.9 Å². The Bertz CT molecular complexity index is 1430. The molecule has 3 aromatic carbocycles. The minimum Gasteiger partial charge on any atom is -0.454 e. The molecule has 0 aliphatic carbocycles. The molecule has 150 valence electrons. The quantitative estimate of drug-likeness (QED) is 0.380. The Kier molecular flexibility index (Phi) is 3.86. The van der Waals surface area contributed by atoms with Crippen LogP contribution in [0.1, 0.15) is 11.3 Å². The van der Waals surface area contributed by atoms with Gasteiger partial charge in [-0.15, -0.1) is 0 Å². The number of benzene rings is 3. The van der Waals surface area contributed by atoms with Gasteiger partial charge in [0.2, 0.25) is 5.95 Å². The fraction of sp³-hybridized carbons (Fsp3) is 0.0417. The number of H-pyrrole nitrogens is 1. The van der Waals surface area contributed by atoms with Crippen LogP contribution in [0.15, 0.2) is 72.8 Å². The highest BCUT2D eigenvalue weighted by Gasteiger charge is 2.21. The van der Waals surface area contributed by atoms with E-state index in [0.29, 0.717) is 12.2 Å². The third kappa shape index (κ3) is 3.12. The fourth-order valence-corrected chi connectivity index (χ4v) is 3.91. The number of anilines is 3. The first-order valence-corrected chi connectivity index (χ1v) is 9.97. The Morgan fingerprint density at radius 1 is 0.871 bits per heavy atom. The maximum Gasteiger partial charge on any atom is 0.220 e. The largest absolute Gasteiger partial charge is 0.454 e. The number of rotatable bonds is 3. The van der Waals surface area contributed by atoms with Crippen LogP contribution in [0.3, 0.4) is 0 Å². The molecule has 1 aliphatic rings. The summed E-state index contributed by atoms with van der Waals surface area (Å²) in [5.74, 6) is 2.42. The fourth-order valence-electron chi connectivity index (χ4n) is 3.91. The Hall–Kier alpha value is -4.39. The first kappa shape index (κ1) is 17.5. The van der Waals surface area contributed by atoms with E-state index in [-0.39, 0.29) is 5.95 Å². The van der Waals surface area contributed by atoms with Gasteiger partial charge in [0, 0.05) is 12.0 Å². The number of nitrogen functional groups attached to an aromatic ring is 1. The average molecular weight is 406 g/mol. The Morgan fingerprint density at radius 3 is 2.61 bits per heavy atom. The number of hydrogen-bond donors (Lipinski definition) is 3. The summed E-state index contributed by atoms with van der Waals surface area (Å²) in [7, 11) is 0. The molecule has 0 unspecified atom stereocenters. The second-order valence-electron chi connectivity index (χ2n) is 7.46. The van der Waals surface area contributed by atoms with Gasteiger partial charge in [-0.1, -0.05) is 42.5 Å². The highest BCUT2D eigenvalue weighted by Crippen LogP contribution is 2.43. The number of ether oxygens (including phenoxy) is 1. The zero-order valence-electron chi connectivity index (χ0n) is 16.5. The van der Waals surface area contributed by atoms with Crippen molar-refractivity contribution in [3.8, 4) is 22.8 Å². The second kappa shape index (κ2) is 6.84. The van der Waals surface area contributed by atoms with Crippen LogP contribution in [-0.4, -0.2) is 20.2 Å². The van der Waals surface area contributed by atoms with E-state index >= 15 is 0 Å². The van der Waals surface area contributed by atoms with Crippen molar-refractivity contribution in [3.05, 3.63) is 84.1 Å². The number of para-hydroxylation sites is 2. The van der Waals surface area contributed by atoms with E-state index in [2.05, 4.69) is 37.6 Å². The molecule has 7 heteroatoms. The van der Waals surface area contributed by atoms with Gasteiger partial charge in [0.25, 0.3) is 0 Å². The molecule has 0 saturated heterocycles. The molecule has 4 N–H and O–H groups in total. The van der Waals surface area contributed by atoms with Crippen molar-refractivity contribution in [3.63, 3.8) is 0 Å². The molecule has 3 heterocycles. The van der Waals surface area contributed by atoms with Crippen LogP contribution in [0.5, 0.6) is 11.5 Å². The van der Waals surface area contributed by atoms with Gasteiger partial charge in [0.05, 0.1) is 28.0 Å². The van der Waals surface area contributed by atoms with Crippen molar-refractivity contribution in [1.82, 2.24) is 20.2 Å². The van der Waals surface area contributed by atoms with Gasteiger partial charge in [-0.3, -0.25) is 5.10 Å². The van der Waals surface area contributed by atoms with Gasteiger partial charge in [-0.2, -0.15) is 5.10 Å². The van der Waals surface area contributed by atoms with Crippen molar-refractivity contribution in [2.45, 2.75) is 6.42 Å². The summed E-state index contributed by atoms with van der Waals surface area (Å²) in [4.78, 5) is 8.91. The van der Waals surface area contributed by atoms with Crippen molar-refractivity contribution in [1.29, 1.82) is 0 Å². The zero-order valence-corrected chi connectivity index (χ0v) is 16.5. The summed E-state index contributed by atoms with van der Waals surface area (Å²) in [6.45, 7) is 0. The Labute approximate surface area is 177 Å². The van der Waals surface area contributed by atoms with E-state index in [1.165, 1.54) is 0 Å². The van der Waals surface area contributed by atoms with Gasteiger partial charge < -0.3 is 15.8 Å². The predicted molar refractivity (Wildman–Crippen MR) is 121 cm³/mol. The lowest BCUT2D eigenvalue weighted by atomic mass is 10.1. The van der Waals surface area contributed by atoms with Crippen molar-refractivity contribution < 1.29 is 4.74 Å². The molecule has 6 rings (SSSR count). The van der Waals surface area contributed by atoms with Crippen molar-refractivity contribution in [2.75, 3.05) is 11.1 Å². The minimum atomic E-state index is 0.243. The van der Waals surface area contributed by atoms with Gasteiger partial charge >= 0.3 is 0 Å². The molecule has 0 saturated carbocycles. The van der Waals surface area contributed by atoms with Crippen LogP contribution >= 0.6 is 0 Å². The van der Waals surface area contributed by atoms with Crippen molar-refractivity contribution >= 4 is 28.4 Å². The molecule has 2 aromatic heterocycles. The number of hydrogen-bond acceptors (Lipinski definition) is 6. The van der Waals surface area contributed by atoms with Crippen molar-refractivity contribution in [2.24, 2.45) is 0 Å². The number of fused-ring (bicyclic) bond motifs is 1. The molecule has 31 heavy (non-hydrogen) atoms. The van der Waals surface area contributed by atoms with Crippen LogP contribution in [0.4, 0.5) is 17.5 Å². The summed E-state index contributed by atoms with van der Waals surface area (Å²) in [5, 5.41) is 11.8. The second-order valence-corrected chi connectivity index (χ2v) is 7.46. The highest BCUT2D eigenvalue weighted by atomic mass is 16.5. The van der Waals surface area contributed by atoms with Crippen LogP contribution in [0.25, 0.3) is 22.2 Å². The zero-order chi connectivity index (χ0) is 20.8. The predicted octanol–water partition coefficient (Wildman–Crippen LogP) is 5.04. The van der Waals surface area contributed by atoms with E-state index in [4.69, 9.17) is 10.5 Å². The standard InChI is InChI=1S/C24H18N6O/c25-24-26-16(10-14-6-2-1-3-7-14)13-18(28-24)15-11-19-22-21(12-15)31-20-9-5-4-8-17(20)27-23(22)30-29-19/h1-9,11-13H,10H2,(H2,25,26,28)(H2,27,29,30). The van der Waals surface area contributed by atoms with E-state index in [0.717, 1.165) is 50.7 Å². The molecule has 5 aromatic rings. The van der Waals surface area contributed by atoms with Crippen LogP contribution in [-0.2, 0) is 6.42 Å². The van der Waals surface area contributed by atoms with E-state index in [9.17, 15) is 0 Å². The summed E-state index contributed by atoms with van der Waals surface area (Å²) in [6, 6.07) is 23.9. The highest BCUT2D eigenvalue weighted by molar-refractivity contribution is 6.00. The SMILES string of the molecule is Nc1nc(Cc2ccccc2)cc(-c2cc3c4c(n[nH]c4c2)Nc2ccccc2O3)n1. The lowest BCUT2D eigenvalue weighted by molar-refractivity contribution is 0.492. The average Bonchev–Trinajstić information content (AvgIpc) is 3.10. The normalized spacial score (nSPS) is 12.0. The lowest BCUT2D eigenvalue weighted by Gasteiger charge is -2.10. The minimum absolute atomic E-state index is 0.243. The maximum atomic E-state index is 6.25. The van der Waals surface area contributed by atoms with E-state index in [1.54, 1.807) is 0 Å². The van der Waals surface area contributed by atoms with Gasteiger partial charge in [-0.25, -0.2) is 9.97 Å². The van der Waals surface area contributed by atoms with E-state index in [1.807, 2.05) is 60.7 Å². The number of nitrogens with zero attached hydrogens (tertiary/aromatic N) is 3. The maximum absolute atomic E-state index is 6.25. The molecule has 7 nitrogen and oxygen atoms in total. The number of aromatic amines is 1. The summed E-state index contributed by atoms with van der Waals surface area (Å²) < 4.78 is 6.25. The third-order valence-corrected chi connectivity index (χ3v) is 5.31. The Morgan fingerprint density at radius 2 is 1.71 bits per heavy atom. The van der Waals surface area contributed by atoms with Gasteiger partial charge in [0.1, 0.15) is 5.75 Å². The van der Waals surface area contributed by atoms with Crippen LogP contribution in [0, 0.1) is 0 Å². The smallest absolute Gasteiger partial charge is 0.220 e. The molecule has 0 fully saturated rings. The summed E-state index contributed by atoms with van der Waals surface area (Å²) in [6.07, 6.45) is 0.678.